The average molecular weight is 475 g/mol. The maximum atomic E-state index is 13.4. The first-order valence-electron chi connectivity index (χ1n) is 10.4. The molecule has 4 aromatic rings. The molecular formula is C27H21ClNO3S+. The topological polar surface area (TPSA) is 62.5 Å². The summed E-state index contributed by atoms with van der Waals surface area (Å²) in [5.74, 6) is 0.193. The van der Waals surface area contributed by atoms with E-state index in [4.69, 9.17) is 11.6 Å². The maximum Gasteiger partial charge on any atom is 0.197 e. The van der Waals surface area contributed by atoms with E-state index in [1.807, 2.05) is 66.2 Å². The number of aromatic hydroxyl groups is 1. The third-order valence-electron chi connectivity index (χ3n) is 5.71. The van der Waals surface area contributed by atoms with Gasteiger partial charge in [0.05, 0.1) is 33.4 Å². The predicted molar refractivity (Wildman–Crippen MR) is 136 cm³/mol. The predicted octanol–water partition coefficient (Wildman–Crippen LogP) is 5.46. The van der Waals surface area contributed by atoms with Crippen LogP contribution >= 0.6 is 11.6 Å². The highest BCUT2D eigenvalue weighted by Crippen LogP contribution is 2.34. The number of allylic oxidation sites excluding steroid dienone is 3. The van der Waals surface area contributed by atoms with Crippen molar-refractivity contribution in [2.75, 3.05) is 0 Å². The molecule has 1 aromatic heterocycles. The summed E-state index contributed by atoms with van der Waals surface area (Å²) in [7, 11) is 1.39. The van der Waals surface area contributed by atoms with Crippen LogP contribution in [0.1, 0.15) is 0 Å². The lowest BCUT2D eigenvalue weighted by Gasteiger charge is -2.13. The maximum absolute atomic E-state index is 13.4. The van der Waals surface area contributed by atoms with Gasteiger partial charge in [-0.25, -0.2) is 0 Å². The first kappa shape index (κ1) is 21.6. The van der Waals surface area contributed by atoms with E-state index in [0.717, 1.165) is 25.7 Å². The fourth-order valence-electron chi connectivity index (χ4n) is 4.08. The van der Waals surface area contributed by atoms with Gasteiger partial charge >= 0.3 is 0 Å². The van der Waals surface area contributed by atoms with E-state index >= 15 is 0 Å². The second-order valence-electron chi connectivity index (χ2n) is 7.83. The molecule has 1 aliphatic rings. The van der Waals surface area contributed by atoms with Gasteiger partial charge in [0, 0.05) is 23.5 Å². The third kappa shape index (κ3) is 4.00. The summed E-state index contributed by atoms with van der Waals surface area (Å²) in [6.45, 7) is 0. The zero-order valence-electron chi connectivity index (χ0n) is 17.8. The molecule has 0 aliphatic heterocycles. The van der Waals surface area contributed by atoms with Gasteiger partial charge in [-0.2, -0.15) is 0 Å². The number of aryl methyl sites for hydroxylation is 1. The molecule has 5 rings (SSSR count). The number of rotatable bonds is 3. The Morgan fingerprint density at radius 1 is 0.909 bits per heavy atom. The molecule has 0 amide bonds. The van der Waals surface area contributed by atoms with Crippen LogP contribution in [0.4, 0.5) is 0 Å². The van der Waals surface area contributed by atoms with Crippen LogP contribution in [-0.4, -0.2) is 20.9 Å². The summed E-state index contributed by atoms with van der Waals surface area (Å²) in [5, 5.41) is 21.5. The molecular weight excluding hydrogens is 454 g/mol. The van der Waals surface area contributed by atoms with E-state index in [2.05, 4.69) is 0 Å². The van der Waals surface area contributed by atoms with Crippen LogP contribution in [-0.2, 0) is 17.9 Å². The number of aliphatic hydroxyl groups excluding tert-OH is 1. The van der Waals surface area contributed by atoms with Crippen molar-refractivity contribution in [3.05, 3.63) is 111 Å². The number of hydrogen-bond acceptors (Lipinski definition) is 3. The number of benzene rings is 3. The van der Waals surface area contributed by atoms with Crippen molar-refractivity contribution in [2.45, 2.75) is 15.9 Å². The molecule has 6 heteroatoms. The number of halogens is 1. The lowest BCUT2D eigenvalue weighted by molar-refractivity contribution is 0.272. The Balaban J connectivity index is 1.76. The number of pyridine rings is 1. The lowest BCUT2D eigenvalue weighted by atomic mass is 10.1. The number of hydrogen-bond donors (Lipinski definition) is 2. The Labute approximate surface area is 198 Å². The van der Waals surface area contributed by atoms with Crippen LogP contribution in [0.2, 0.25) is 5.02 Å². The van der Waals surface area contributed by atoms with Crippen LogP contribution in [0, 0.1) is 0 Å². The van der Waals surface area contributed by atoms with Gasteiger partial charge in [-0.15, -0.1) is 0 Å². The quantitative estimate of drug-likeness (QED) is 0.306. The van der Waals surface area contributed by atoms with Gasteiger partial charge in [0.1, 0.15) is 5.75 Å². The van der Waals surface area contributed by atoms with E-state index in [-0.39, 0.29) is 11.2 Å². The molecule has 4 nitrogen and oxygen atoms in total. The van der Waals surface area contributed by atoms with Crippen LogP contribution < -0.4 is 5.43 Å². The minimum absolute atomic E-state index is 0.0580. The van der Waals surface area contributed by atoms with Gasteiger partial charge in [0.15, 0.2) is 20.1 Å². The number of phenolic OH excluding ortho intramolecular Hbond substituents is 1. The highest BCUT2D eigenvalue weighted by atomic mass is 35.5. The van der Waals surface area contributed by atoms with Crippen molar-refractivity contribution < 1.29 is 10.2 Å². The van der Waals surface area contributed by atoms with Crippen LogP contribution in [0.15, 0.2) is 111 Å². The summed E-state index contributed by atoms with van der Waals surface area (Å²) in [6, 6.07) is 18.5. The van der Waals surface area contributed by atoms with Crippen molar-refractivity contribution in [1.82, 2.24) is 4.57 Å². The van der Waals surface area contributed by atoms with Gasteiger partial charge in [-0.3, -0.25) is 4.79 Å². The summed E-state index contributed by atoms with van der Waals surface area (Å²) in [6.07, 6.45) is 8.55. The zero-order valence-corrected chi connectivity index (χ0v) is 19.3. The van der Waals surface area contributed by atoms with Gasteiger partial charge in [-0.1, -0.05) is 23.8 Å². The molecule has 0 bridgehead atoms. The SMILES string of the molecule is Cn1c2ccc(Cl)cc2c(=O)c2cc([S+](C3=CC=CC(O)C=C3)c3ccc(O)cc3)ccc21. The fraction of sp³-hybridized carbons (Fsp3) is 0.0741. The van der Waals surface area contributed by atoms with E-state index in [1.54, 1.807) is 36.4 Å². The monoisotopic (exact) mass is 474 g/mol. The second kappa shape index (κ2) is 8.60. The molecule has 33 heavy (non-hydrogen) atoms. The number of aliphatic hydroxyl groups is 1. The first-order valence-corrected chi connectivity index (χ1v) is 12.0. The molecule has 1 aliphatic carbocycles. The molecule has 0 saturated heterocycles. The molecule has 0 radical (unpaired) electrons. The fourth-order valence-corrected chi connectivity index (χ4v) is 6.34. The Morgan fingerprint density at radius 2 is 1.58 bits per heavy atom. The van der Waals surface area contributed by atoms with Gasteiger partial charge < -0.3 is 14.8 Å². The van der Waals surface area contributed by atoms with Gasteiger partial charge in [0.25, 0.3) is 0 Å². The molecule has 1 heterocycles. The van der Waals surface area contributed by atoms with E-state index in [1.165, 1.54) is 0 Å². The van der Waals surface area contributed by atoms with Crippen molar-refractivity contribution >= 4 is 44.3 Å². The minimum Gasteiger partial charge on any atom is -0.508 e. The first-order chi connectivity index (χ1) is 15.9. The number of aromatic nitrogens is 1. The molecule has 0 saturated carbocycles. The number of phenols is 1. The van der Waals surface area contributed by atoms with E-state index in [0.29, 0.717) is 15.8 Å². The van der Waals surface area contributed by atoms with Crippen molar-refractivity contribution in [1.29, 1.82) is 0 Å². The molecule has 2 N–H and O–H groups in total. The summed E-state index contributed by atoms with van der Waals surface area (Å²) in [4.78, 5) is 16.4. The number of nitrogens with zero attached hydrogens (tertiary/aromatic N) is 1. The average Bonchev–Trinajstić information content (AvgIpc) is 3.03. The van der Waals surface area contributed by atoms with Gasteiger partial charge in [0.2, 0.25) is 0 Å². The molecule has 3 aromatic carbocycles. The largest absolute Gasteiger partial charge is 0.508 e. The second-order valence-corrected chi connectivity index (χ2v) is 10.3. The Bertz CT molecular complexity index is 1530. The normalized spacial score (nSPS) is 16.7. The van der Waals surface area contributed by atoms with Crippen molar-refractivity contribution in [3.8, 4) is 5.75 Å². The van der Waals surface area contributed by atoms with Crippen LogP contribution in [0.3, 0.4) is 0 Å². The zero-order chi connectivity index (χ0) is 23.1. The van der Waals surface area contributed by atoms with Crippen molar-refractivity contribution in [2.24, 2.45) is 7.05 Å². The highest BCUT2D eigenvalue weighted by molar-refractivity contribution is 8.00. The lowest BCUT2D eigenvalue weighted by Crippen LogP contribution is -2.11. The molecule has 2 atom stereocenters. The summed E-state index contributed by atoms with van der Waals surface area (Å²) in [5.41, 5.74) is 1.61. The number of fused-ring (bicyclic) bond motifs is 2. The molecule has 0 fully saturated rings. The van der Waals surface area contributed by atoms with E-state index in [9.17, 15) is 15.0 Å². The summed E-state index contributed by atoms with van der Waals surface area (Å²) < 4.78 is 2.01. The van der Waals surface area contributed by atoms with E-state index < -0.39 is 17.0 Å². The third-order valence-corrected chi connectivity index (χ3v) is 8.16. The Kier molecular flexibility index (Phi) is 5.62. The Hall–Kier alpha value is -3.25. The molecule has 0 spiro atoms. The minimum atomic E-state index is -0.649. The Morgan fingerprint density at radius 3 is 2.33 bits per heavy atom. The highest BCUT2D eigenvalue weighted by Gasteiger charge is 2.31. The van der Waals surface area contributed by atoms with Crippen LogP contribution in [0.5, 0.6) is 5.75 Å². The molecule has 164 valence electrons. The summed E-state index contributed by atoms with van der Waals surface area (Å²) >= 11 is 6.19. The van der Waals surface area contributed by atoms with Gasteiger partial charge in [-0.05, 0) is 72.8 Å². The smallest absolute Gasteiger partial charge is 0.197 e. The van der Waals surface area contributed by atoms with Crippen LogP contribution in [0.25, 0.3) is 21.8 Å². The molecule has 2 unspecified atom stereocenters. The van der Waals surface area contributed by atoms with Crippen molar-refractivity contribution in [3.63, 3.8) is 0 Å². The standard InChI is InChI=1S/C27H20ClNO3S/c1-29-25-13-5-17(28)15-23(25)27(32)24-16-22(12-14-26(24)29)33(21-10-7-19(31)8-11-21)20-4-2-3-18(30)6-9-20/h2-16,18,30H,1H3/p+1.